The number of pyridine rings is 1. The number of hydrogen-bond acceptors (Lipinski definition) is 3. The summed E-state index contributed by atoms with van der Waals surface area (Å²) in [5.41, 5.74) is 2.28. The average Bonchev–Trinajstić information content (AvgIpc) is 2.95. The Hall–Kier alpha value is -2.33. The fourth-order valence-corrected chi connectivity index (χ4v) is 2.52. The molecule has 0 radical (unpaired) electrons. The van der Waals surface area contributed by atoms with Crippen molar-refractivity contribution in [3.05, 3.63) is 77.6 Å². The molecule has 0 fully saturated rings. The molecule has 0 unspecified atom stereocenters. The van der Waals surface area contributed by atoms with E-state index >= 15 is 0 Å². The molecule has 0 aliphatic carbocycles. The van der Waals surface area contributed by atoms with Crippen molar-refractivity contribution in [2.24, 2.45) is 0 Å². The Balaban J connectivity index is 1.75. The highest BCUT2D eigenvalue weighted by atomic mass is 35.5. The van der Waals surface area contributed by atoms with Gasteiger partial charge in [-0.05, 0) is 17.7 Å². The predicted octanol–water partition coefficient (Wildman–Crippen LogP) is 3.62. The number of rotatable bonds is 5. The van der Waals surface area contributed by atoms with E-state index in [0.29, 0.717) is 11.7 Å². The summed E-state index contributed by atoms with van der Waals surface area (Å²) in [6, 6.07) is 14.2. The summed E-state index contributed by atoms with van der Waals surface area (Å²) >= 11 is 5.95. The summed E-state index contributed by atoms with van der Waals surface area (Å²) in [6.45, 7) is 1.53. The fourth-order valence-electron chi connectivity index (χ4n) is 2.35. The highest BCUT2D eigenvalue weighted by Crippen LogP contribution is 2.18. The van der Waals surface area contributed by atoms with Gasteiger partial charge in [0.25, 0.3) is 0 Å². The SMILES string of the molecule is CN(Cc1nccn1Cc1ccccc1)c1ccnc(Cl)c1. The molecule has 2 aromatic heterocycles. The molecular weight excluding hydrogens is 296 g/mol. The molecule has 0 N–H and O–H groups in total. The molecular formula is C17H17ClN4. The van der Waals surface area contributed by atoms with E-state index in [0.717, 1.165) is 18.1 Å². The minimum Gasteiger partial charge on any atom is -0.367 e. The predicted molar refractivity (Wildman–Crippen MR) is 89.1 cm³/mol. The molecule has 0 spiro atoms. The zero-order chi connectivity index (χ0) is 15.4. The van der Waals surface area contributed by atoms with Gasteiger partial charge in [-0.15, -0.1) is 0 Å². The molecule has 0 saturated carbocycles. The normalized spacial score (nSPS) is 10.6. The summed E-state index contributed by atoms with van der Waals surface area (Å²) < 4.78 is 2.16. The zero-order valence-electron chi connectivity index (χ0n) is 12.4. The molecule has 0 aliphatic rings. The minimum absolute atomic E-state index is 0.497. The second kappa shape index (κ2) is 6.62. The van der Waals surface area contributed by atoms with Crippen molar-refractivity contribution in [1.29, 1.82) is 0 Å². The maximum atomic E-state index is 5.95. The molecule has 5 heteroatoms. The van der Waals surface area contributed by atoms with Crippen molar-refractivity contribution in [2.75, 3.05) is 11.9 Å². The number of hydrogen-bond donors (Lipinski definition) is 0. The highest BCUT2D eigenvalue weighted by Gasteiger charge is 2.08. The first-order valence-electron chi connectivity index (χ1n) is 7.09. The molecule has 2 heterocycles. The lowest BCUT2D eigenvalue weighted by atomic mass is 10.2. The molecule has 112 valence electrons. The Morgan fingerprint density at radius 3 is 2.68 bits per heavy atom. The molecule has 3 rings (SSSR count). The largest absolute Gasteiger partial charge is 0.367 e. The first-order chi connectivity index (χ1) is 10.7. The van der Waals surface area contributed by atoms with Gasteiger partial charge in [-0.25, -0.2) is 9.97 Å². The quantitative estimate of drug-likeness (QED) is 0.675. The minimum atomic E-state index is 0.497. The van der Waals surface area contributed by atoms with E-state index in [1.165, 1.54) is 5.56 Å². The first kappa shape index (κ1) is 14.6. The van der Waals surface area contributed by atoms with E-state index in [2.05, 4.69) is 43.7 Å². The Bertz CT molecular complexity index is 739. The lowest BCUT2D eigenvalue weighted by Gasteiger charge is -2.19. The van der Waals surface area contributed by atoms with Gasteiger partial charge in [-0.1, -0.05) is 41.9 Å². The summed E-state index contributed by atoms with van der Waals surface area (Å²) in [5, 5.41) is 0.497. The first-order valence-corrected chi connectivity index (χ1v) is 7.47. The van der Waals surface area contributed by atoms with Crippen LogP contribution in [0.25, 0.3) is 0 Å². The molecule has 0 saturated heterocycles. The van der Waals surface area contributed by atoms with Gasteiger partial charge in [0.2, 0.25) is 0 Å². The smallest absolute Gasteiger partial charge is 0.131 e. The van der Waals surface area contributed by atoms with Crippen molar-refractivity contribution in [3.63, 3.8) is 0 Å². The number of halogens is 1. The summed E-state index contributed by atoms with van der Waals surface area (Å²) in [5.74, 6) is 1.01. The maximum Gasteiger partial charge on any atom is 0.131 e. The van der Waals surface area contributed by atoms with Crippen LogP contribution < -0.4 is 4.90 Å². The van der Waals surface area contributed by atoms with Crippen LogP contribution in [0.3, 0.4) is 0 Å². The Morgan fingerprint density at radius 1 is 1.09 bits per heavy atom. The third-order valence-electron chi connectivity index (χ3n) is 3.53. The van der Waals surface area contributed by atoms with Crippen molar-refractivity contribution >= 4 is 17.3 Å². The van der Waals surface area contributed by atoms with Crippen LogP contribution in [0.4, 0.5) is 5.69 Å². The summed E-state index contributed by atoms with van der Waals surface area (Å²) in [7, 11) is 2.02. The lowest BCUT2D eigenvalue weighted by molar-refractivity contribution is 0.707. The highest BCUT2D eigenvalue weighted by molar-refractivity contribution is 6.29. The molecule has 0 atom stereocenters. The van der Waals surface area contributed by atoms with Crippen LogP contribution in [-0.4, -0.2) is 21.6 Å². The monoisotopic (exact) mass is 312 g/mol. The topological polar surface area (TPSA) is 34.0 Å². The number of benzene rings is 1. The molecule has 0 aliphatic heterocycles. The van der Waals surface area contributed by atoms with Gasteiger partial charge in [0.1, 0.15) is 11.0 Å². The van der Waals surface area contributed by atoms with Gasteiger partial charge in [-0.2, -0.15) is 0 Å². The van der Waals surface area contributed by atoms with Crippen LogP contribution in [0.5, 0.6) is 0 Å². The van der Waals surface area contributed by atoms with Gasteiger partial charge >= 0.3 is 0 Å². The maximum absolute atomic E-state index is 5.95. The lowest BCUT2D eigenvalue weighted by Crippen LogP contribution is -2.20. The number of aromatic nitrogens is 3. The van der Waals surface area contributed by atoms with E-state index in [1.54, 1.807) is 6.20 Å². The third-order valence-corrected chi connectivity index (χ3v) is 3.73. The molecule has 4 nitrogen and oxygen atoms in total. The molecule has 1 aromatic carbocycles. The standard InChI is InChI=1S/C17H17ClN4/c1-21(15-7-8-19-16(18)11-15)13-17-20-9-10-22(17)12-14-5-3-2-4-6-14/h2-11H,12-13H2,1H3. The van der Waals surface area contributed by atoms with Gasteiger partial charge < -0.3 is 9.47 Å². The Morgan fingerprint density at radius 2 is 1.91 bits per heavy atom. The van der Waals surface area contributed by atoms with E-state index in [-0.39, 0.29) is 0 Å². The van der Waals surface area contributed by atoms with Crippen LogP contribution in [0.1, 0.15) is 11.4 Å². The van der Waals surface area contributed by atoms with Crippen LogP contribution in [0, 0.1) is 0 Å². The number of nitrogens with zero attached hydrogens (tertiary/aromatic N) is 4. The van der Waals surface area contributed by atoms with E-state index < -0.39 is 0 Å². The van der Waals surface area contributed by atoms with Crippen LogP contribution >= 0.6 is 11.6 Å². The molecule has 22 heavy (non-hydrogen) atoms. The van der Waals surface area contributed by atoms with E-state index in [1.807, 2.05) is 37.6 Å². The van der Waals surface area contributed by atoms with Crippen LogP contribution in [0.2, 0.25) is 5.15 Å². The number of anilines is 1. The summed E-state index contributed by atoms with van der Waals surface area (Å²) in [6.07, 6.45) is 5.56. The Kier molecular flexibility index (Phi) is 4.39. The van der Waals surface area contributed by atoms with Crippen molar-refractivity contribution < 1.29 is 0 Å². The second-order valence-electron chi connectivity index (χ2n) is 5.15. The van der Waals surface area contributed by atoms with Gasteiger partial charge in [0.05, 0.1) is 6.54 Å². The van der Waals surface area contributed by atoms with Crippen molar-refractivity contribution in [2.45, 2.75) is 13.1 Å². The van der Waals surface area contributed by atoms with E-state index in [9.17, 15) is 0 Å². The van der Waals surface area contributed by atoms with Crippen molar-refractivity contribution in [3.8, 4) is 0 Å². The van der Waals surface area contributed by atoms with Gasteiger partial charge in [0.15, 0.2) is 0 Å². The van der Waals surface area contributed by atoms with E-state index in [4.69, 9.17) is 11.6 Å². The molecule has 3 aromatic rings. The van der Waals surface area contributed by atoms with Gasteiger partial charge in [0, 0.05) is 37.9 Å². The Labute approximate surface area is 135 Å². The average molecular weight is 313 g/mol. The van der Waals surface area contributed by atoms with Crippen molar-refractivity contribution in [1.82, 2.24) is 14.5 Å². The third kappa shape index (κ3) is 3.46. The number of imidazole rings is 1. The van der Waals surface area contributed by atoms with Gasteiger partial charge in [-0.3, -0.25) is 0 Å². The second-order valence-corrected chi connectivity index (χ2v) is 5.54. The summed E-state index contributed by atoms with van der Waals surface area (Å²) in [4.78, 5) is 10.6. The molecule has 0 amide bonds. The fraction of sp³-hybridized carbons (Fsp3) is 0.176. The van der Waals surface area contributed by atoms with Crippen LogP contribution in [0.15, 0.2) is 61.1 Å². The molecule has 0 bridgehead atoms. The zero-order valence-corrected chi connectivity index (χ0v) is 13.1. The van der Waals surface area contributed by atoms with Crippen LogP contribution in [-0.2, 0) is 13.1 Å².